The quantitative estimate of drug-likeness (QED) is 0.857. The van der Waals surface area contributed by atoms with Gasteiger partial charge in [-0.2, -0.15) is 5.26 Å². The van der Waals surface area contributed by atoms with Gasteiger partial charge in [0.05, 0.1) is 17.4 Å². The normalized spacial score (nSPS) is 9.75. The maximum Gasteiger partial charge on any atom is 0.252 e. The number of rotatable bonds is 5. The van der Waals surface area contributed by atoms with Gasteiger partial charge >= 0.3 is 0 Å². The van der Waals surface area contributed by atoms with Crippen LogP contribution in [0.3, 0.4) is 0 Å². The van der Waals surface area contributed by atoms with E-state index in [0.717, 1.165) is 10.5 Å². The number of amides is 1. The number of carbonyl (C=O) groups is 1. The number of nitriles is 1. The van der Waals surface area contributed by atoms with E-state index in [1.54, 1.807) is 18.5 Å². The number of hydrogen-bond donors (Lipinski definition) is 1. The van der Waals surface area contributed by atoms with E-state index in [1.165, 1.54) is 11.8 Å². The van der Waals surface area contributed by atoms with Gasteiger partial charge in [0.2, 0.25) is 0 Å². The smallest absolute Gasteiger partial charge is 0.252 e. The van der Waals surface area contributed by atoms with Gasteiger partial charge in [-0.3, -0.25) is 9.78 Å². The summed E-state index contributed by atoms with van der Waals surface area (Å²) in [6, 6.07) is 13.1. The van der Waals surface area contributed by atoms with Gasteiger partial charge in [0.25, 0.3) is 5.91 Å². The third kappa shape index (κ3) is 3.84. The van der Waals surface area contributed by atoms with Gasteiger partial charge in [0, 0.05) is 23.8 Å². The highest BCUT2D eigenvalue weighted by molar-refractivity contribution is 7.99. The van der Waals surface area contributed by atoms with E-state index in [4.69, 9.17) is 5.26 Å². The number of benzene rings is 1. The first-order valence-electron chi connectivity index (χ1n) is 6.07. The molecule has 2 aromatic rings. The highest BCUT2D eigenvalue weighted by atomic mass is 32.2. The minimum atomic E-state index is -0.144. The zero-order chi connectivity index (χ0) is 14.2. The lowest BCUT2D eigenvalue weighted by Crippen LogP contribution is -2.23. The first-order chi connectivity index (χ1) is 9.81. The molecule has 5 heteroatoms. The van der Waals surface area contributed by atoms with Crippen LogP contribution in [-0.2, 0) is 6.54 Å². The molecule has 0 saturated heterocycles. The van der Waals surface area contributed by atoms with Crippen molar-refractivity contribution in [2.45, 2.75) is 11.4 Å². The average Bonchev–Trinajstić information content (AvgIpc) is 2.52. The molecule has 0 unspecified atom stereocenters. The summed E-state index contributed by atoms with van der Waals surface area (Å²) < 4.78 is 0. The van der Waals surface area contributed by atoms with Crippen LogP contribution < -0.4 is 5.32 Å². The maximum absolute atomic E-state index is 12.2. The van der Waals surface area contributed by atoms with Crippen molar-refractivity contribution in [3.8, 4) is 6.07 Å². The van der Waals surface area contributed by atoms with E-state index in [9.17, 15) is 4.79 Å². The van der Waals surface area contributed by atoms with Crippen molar-refractivity contribution in [3.63, 3.8) is 0 Å². The Bertz CT molecular complexity index is 623. The Labute approximate surface area is 121 Å². The number of pyridine rings is 1. The van der Waals surface area contributed by atoms with Gasteiger partial charge in [-0.25, -0.2) is 0 Å². The van der Waals surface area contributed by atoms with Crippen molar-refractivity contribution in [2.75, 3.05) is 5.75 Å². The number of thioether (sulfide) groups is 1. The molecular weight excluding hydrogens is 270 g/mol. The molecule has 1 aromatic carbocycles. The molecule has 4 nitrogen and oxygen atoms in total. The third-order valence-corrected chi connectivity index (χ3v) is 3.54. The number of carbonyl (C=O) groups excluding carboxylic acids is 1. The number of aromatic nitrogens is 1. The Kier molecular flexibility index (Phi) is 5.15. The SMILES string of the molecule is N#CCSc1ccccc1C(=O)NCc1cccnc1. The molecule has 0 saturated carbocycles. The Balaban J connectivity index is 2.04. The number of hydrogen-bond acceptors (Lipinski definition) is 4. The van der Waals surface area contributed by atoms with E-state index in [1.807, 2.05) is 30.3 Å². The second-order valence-corrected chi connectivity index (χ2v) is 5.00. The van der Waals surface area contributed by atoms with Crippen LogP contribution in [0, 0.1) is 11.3 Å². The summed E-state index contributed by atoms with van der Waals surface area (Å²) in [5.41, 5.74) is 1.54. The van der Waals surface area contributed by atoms with Crippen LogP contribution in [-0.4, -0.2) is 16.6 Å². The summed E-state index contributed by atoms with van der Waals surface area (Å²) in [4.78, 5) is 17.0. The van der Waals surface area contributed by atoms with Crippen LogP contribution in [0.2, 0.25) is 0 Å². The van der Waals surface area contributed by atoms with Crippen LogP contribution in [0.15, 0.2) is 53.7 Å². The fourth-order valence-corrected chi connectivity index (χ4v) is 2.38. The Morgan fingerprint density at radius 3 is 2.90 bits per heavy atom. The van der Waals surface area contributed by atoms with Crippen molar-refractivity contribution in [1.82, 2.24) is 10.3 Å². The van der Waals surface area contributed by atoms with Crippen molar-refractivity contribution in [3.05, 3.63) is 59.9 Å². The molecule has 0 radical (unpaired) electrons. The lowest BCUT2D eigenvalue weighted by molar-refractivity contribution is 0.0948. The second-order valence-electron chi connectivity index (χ2n) is 3.99. The van der Waals surface area contributed by atoms with Crippen LogP contribution in [0.25, 0.3) is 0 Å². The van der Waals surface area contributed by atoms with Gasteiger partial charge in [0.15, 0.2) is 0 Å². The Morgan fingerprint density at radius 2 is 2.15 bits per heavy atom. The zero-order valence-corrected chi connectivity index (χ0v) is 11.6. The minimum Gasteiger partial charge on any atom is -0.348 e. The molecular formula is C15H13N3OS. The van der Waals surface area contributed by atoms with Crippen LogP contribution in [0.1, 0.15) is 15.9 Å². The molecule has 0 spiro atoms. The molecule has 1 aromatic heterocycles. The van der Waals surface area contributed by atoms with Gasteiger partial charge in [-0.15, -0.1) is 11.8 Å². The molecule has 100 valence electrons. The first kappa shape index (κ1) is 14.1. The van der Waals surface area contributed by atoms with Crippen molar-refractivity contribution in [2.24, 2.45) is 0 Å². The molecule has 1 amide bonds. The summed E-state index contributed by atoms with van der Waals surface area (Å²) in [6.07, 6.45) is 3.41. The van der Waals surface area contributed by atoms with Crippen LogP contribution in [0.5, 0.6) is 0 Å². The van der Waals surface area contributed by atoms with Crippen molar-refractivity contribution >= 4 is 17.7 Å². The van der Waals surface area contributed by atoms with Gasteiger partial charge < -0.3 is 5.32 Å². The molecule has 20 heavy (non-hydrogen) atoms. The lowest BCUT2D eigenvalue weighted by atomic mass is 10.2. The third-order valence-electron chi connectivity index (χ3n) is 2.60. The predicted octanol–water partition coefficient (Wildman–Crippen LogP) is 2.63. The Morgan fingerprint density at radius 1 is 1.30 bits per heavy atom. The van der Waals surface area contributed by atoms with Crippen LogP contribution >= 0.6 is 11.8 Å². The van der Waals surface area contributed by atoms with E-state index in [-0.39, 0.29) is 5.91 Å². The molecule has 0 aliphatic rings. The van der Waals surface area contributed by atoms with Gasteiger partial charge in [-0.05, 0) is 23.8 Å². The molecule has 0 bridgehead atoms. The lowest BCUT2D eigenvalue weighted by Gasteiger charge is -2.08. The number of nitrogens with zero attached hydrogens (tertiary/aromatic N) is 2. The highest BCUT2D eigenvalue weighted by Crippen LogP contribution is 2.22. The first-order valence-corrected chi connectivity index (χ1v) is 7.05. The molecule has 1 heterocycles. The fourth-order valence-electron chi connectivity index (χ4n) is 1.67. The molecule has 0 atom stereocenters. The second kappa shape index (κ2) is 7.31. The monoisotopic (exact) mass is 283 g/mol. The summed E-state index contributed by atoms with van der Waals surface area (Å²) in [5.74, 6) is 0.183. The predicted molar refractivity (Wildman–Crippen MR) is 78.2 cm³/mol. The fraction of sp³-hybridized carbons (Fsp3) is 0.133. The van der Waals surface area contributed by atoms with E-state index in [0.29, 0.717) is 17.9 Å². The van der Waals surface area contributed by atoms with Gasteiger partial charge in [0.1, 0.15) is 0 Å². The largest absolute Gasteiger partial charge is 0.348 e. The summed E-state index contributed by atoms with van der Waals surface area (Å²) in [7, 11) is 0. The molecule has 0 aliphatic carbocycles. The van der Waals surface area contributed by atoms with E-state index >= 15 is 0 Å². The van der Waals surface area contributed by atoms with Crippen LogP contribution in [0.4, 0.5) is 0 Å². The topological polar surface area (TPSA) is 65.8 Å². The molecule has 0 aliphatic heterocycles. The highest BCUT2D eigenvalue weighted by Gasteiger charge is 2.10. The summed E-state index contributed by atoms with van der Waals surface area (Å²) >= 11 is 1.36. The summed E-state index contributed by atoms with van der Waals surface area (Å²) in [5, 5.41) is 11.5. The minimum absolute atomic E-state index is 0.144. The maximum atomic E-state index is 12.2. The molecule has 0 fully saturated rings. The zero-order valence-electron chi connectivity index (χ0n) is 10.7. The Hall–Kier alpha value is -2.32. The standard InChI is InChI=1S/C15H13N3OS/c16-7-9-20-14-6-2-1-5-13(14)15(19)18-11-12-4-3-8-17-10-12/h1-6,8,10H,9,11H2,(H,18,19). The van der Waals surface area contributed by atoms with Gasteiger partial charge in [-0.1, -0.05) is 18.2 Å². The van der Waals surface area contributed by atoms with Crippen molar-refractivity contribution in [1.29, 1.82) is 5.26 Å². The number of nitrogens with one attached hydrogen (secondary N) is 1. The molecule has 1 N–H and O–H groups in total. The van der Waals surface area contributed by atoms with E-state index < -0.39 is 0 Å². The average molecular weight is 283 g/mol. The molecule has 2 rings (SSSR count). The van der Waals surface area contributed by atoms with E-state index in [2.05, 4.69) is 16.4 Å². The summed E-state index contributed by atoms with van der Waals surface area (Å²) in [6.45, 7) is 0.434. The van der Waals surface area contributed by atoms with Crippen molar-refractivity contribution < 1.29 is 4.79 Å².